The van der Waals surface area contributed by atoms with Crippen LogP contribution in [0.2, 0.25) is 0 Å². The van der Waals surface area contributed by atoms with Crippen molar-refractivity contribution in [2.45, 2.75) is 32.2 Å². The molecule has 3 rings (SSSR count). The van der Waals surface area contributed by atoms with Crippen LogP contribution in [-0.4, -0.2) is 89.2 Å². The van der Waals surface area contributed by atoms with Gasteiger partial charge in [0.15, 0.2) is 5.96 Å². The smallest absolute Gasteiger partial charge is 0.370 e. The number of imide groups is 2. The number of carboxylic acids is 1. The van der Waals surface area contributed by atoms with E-state index in [1.54, 1.807) is 42.8 Å². The summed E-state index contributed by atoms with van der Waals surface area (Å²) >= 11 is 0. The van der Waals surface area contributed by atoms with Crippen molar-refractivity contribution < 1.29 is 43.3 Å². The number of nitrogens with two attached hydrogens (primary N) is 1. The highest BCUT2D eigenvalue weighted by molar-refractivity contribution is 6.46. The first-order chi connectivity index (χ1) is 21.4. The molecule has 16 nitrogen and oxygen atoms in total. The van der Waals surface area contributed by atoms with Gasteiger partial charge in [0.05, 0.1) is 20.6 Å². The topological polar surface area (TPSA) is 234 Å². The van der Waals surface area contributed by atoms with Crippen molar-refractivity contribution in [2.75, 3.05) is 20.8 Å². The zero-order valence-corrected chi connectivity index (χ0v) is 24.7. The molecule has 2 aromatic carbocycles. The van der Waals surface area contributed by atoms with Gasteiger partial charge in [-0.15, -0.1) is 0 Å². The minimum atomic E-state index is -1.99. The Hall–Kier alpha value is -5.80. The molecule has 1 heterocycles. The normalized spacial score (nSPS) is 13.0. The highest BCUT2D eigenvalue weighted by Crippen LogP contribution is 2.24. The van der Waals surface area contributed by atoms with Crippen molar-refractivity contribution in [1.29, 1.82) is 5.41 Å². The number of carbonyl (C=O) groups is 6. The van der Waals surface area contributed by atoms with Crippen LogP contribution in [0.4, 0.5) is 4.79 Å². The number of rotatable bonds is 14. The Bertz CT molecular complexity index is 1540. The molecule has 0 unspecified atom stereocenters. The fourth-order valence-corrected chi connectivity index (χ4v) is 4.33. The number of hydrogen-bond donors (Lipinski definition) is 5. The van der Waals surface area contributed by atoms with Gasteiger partial charge in [0.2, 0.25) is 5.91 Å². The maximum Gasteiger partial charge on any atom is 0.370 e. The van der Waals surface area contributed by atoms with Gasteiger partial charge in [-0.05, 0) is 48.2 Å². The number of amides is 6. The van der Waals surface area contributed by atoms with Crippen molar-refractivity contribution in [3.63, 3.8) is 0 Å². The van der Waals surface area contributed by atoms with Gasteiger partial charge in [-0.3, -0.25) is 34.7 Å². The minimum Gasteiger partial charge on any atom is -0.497 e. The Morgan fingerprint density at radius 1 is 1.09 bits per heavy atom. The quantitative estimate of drug-likeness (QED) is 0.112. The average molecular weight is 623 g/mol. The van der Waals surface area contributed by atoms with E-state index in [0.29, 0.717) is 21.9 Å². The van der Waals surface area contributed by atoms with Crippen molar-refractivity contribution in [3.8, 4) is 11.5 Å². The van der Waals surface area contributed by atoms with Crippen LogP contribution in [0.1, 0.15) is 47.7 Å². The highest BCUT2D eigenvalue weighted by atomic mass is 16.5. The number of carboxylic acid groups (broad SMARTS) is 1. The predicted octanol–water partition coefficient (Wildman–Crippen LogP) is 0.834. The summed E-state index contributed by atoms with van der Waals surface area (Å²) in [6.07, 6.45) is 0.776. The fourth-order valence-electron chi connectivity index (χ4n) is 4.33. The largest absolute Gasteiger partial charge is 0.497 e. The maximum absolute atomic E-state index is 13.5. The average Bonchev–Trinajstić information content (AvgIpc) is 3.27. The Kier molecular flexibility index (Phi) is 11.3. The molecule has 0 aromatic heterocycles. The van der Waals surface area contributed by atoms with Crippen LogP contribution in [0.5, 0.6) is 11.5 Å². The maximum atomic E-state index is 13.5. The third-order valence-corrected chi connectivity index (χ3v) is 6.44. The van der Waals surface area contributed by atoms with Crippen molar-refractivity contribution >= 4 is 47.3 Å². The Morgan fingerprint density at radius 3 is 2.31 bits per heavy atom. The predicted molar refractivity (Wildman–Crippen MR) is 158 cm³/mol. The van der Waals surface area contributed by atoms with Gasteiger partial charge in [0.1, 0.15) is 23.3 Å². The molecule has 0 bridgehead atoms. The first-order valence-corrected chi connectivity index (χ1v) is 13.4. The lowest BCUT2D eigenvalue weighted by molar-refractivity contribution is -0.162. The molecule has 16 heteroatoms. The lowest BCUT2D eigenvalue weighted by Crippen LogP contribution is -2.60. The van der Waals surface area contributed by atoms with Crippen LogP contribution in [0, 0.1) is 11.8 Å². The number of guanidine groups is 1. The van der Waals surface area contributed by atoms with E-state index in [2.05, 4.69) is 15.6 Å². The van der Waals surface area contributed by atoms with E-state index in [9.17, 15) is 33.9 Å². The number of methoxy groups -OCH3 is 2. The Balaban J connectivity index is 1.87. The van der Waals surface area contributed by atoms with E-state index in [-0.39, 0.29) is 47.4 Å². The molecule has 45 heavy (non-hydrogen) atoms. The Labute approximate surface area is 257 Å². The van der Waals surface area contributed by atoms with E-state index < -0.39 is 48.1 Å². The number of aliphatic imine (C=N–C) groups is 1. The molecule has 0 spiro atoms. The lowest BCUT2D eigenvalue weighted by atomic mass is 9.98. The van der Waals surface area contributed by atoms with Gasteiger partial charge in [0, 0.05) is 25.5 Å². The second-order valence-corrected chi connectivity index (χ2v) is 9.57. The summed E-state index contributed by atoms with van der Waals surface area (Å²) in [5, 5.41) is 22.0. The summed E-state index contributed by atoms with van der Waals surface area (Å²) in [7, 11) is 2.90. The van der Waals surface area contributed by atoms with Crippen LogP contribution in [0.15, 0.2) is 47.5 Å². The fraction of sp³-hybridized carbons (Fsp3) is 0.276. The summed E-state index contributed by atoms with van der Waals surface area (Å²) in [6, 6.07) is 8.22. The number of aliphatic carboxylic acids is 1. The second kappa shape index (κ2) is 15.1. The van der Waals surface area contributed by atoms with Gasteiger partial charge in [-0.1, -0.05) is 18.2 Å². The Morgan fingerprint density at radius 2 is 1.73 bits per heavy atom. The molecule has 2 aromatic rings. The zero-order valence-electron chi connectivity index (χ0n) is 24.7. The van der Waals surface area contributed by atoms with Crippen LogP contribution in [-0.2, 0) is 19.2 Å². The van der Waals surface area contributed by atoms with Gasteiger partial charge >= 0.3 is 12.0 Å². The number of nitrogens with zero attached hydrogens (tertiary/aromatic N) is 3. The van der Waals surface area contributed by atoms with E-state index in [4.69, 9.17) is 20.6 Å². The van der Waals surface area contributed by atoms with E-state index >= 15 is 0 Å². The van der Waals surface area contributed by atoms with E-state index in [1.807, 2.05) is 0 Å². The van der Waals surface area contributed by atoms with Crippen molar-refractivity contribution in [3.05, 3.63) is 65.6 Å². The summed E-state index contributed by atoms with van der Waals surface area (Å²) in [6.45, 7) is 1.10. The third-order valence-electron chi connectivity index (χ3n) is 6.44. The van der Waals surface area contributed by atoms with Crippen molar-refractivity contribution in [2.24, 2.45) is 10.7 Å². The number of benzene rings is 2. The second-order valence-electron chi connectivity index (χ2n) is 9.57. The molecular formula is C29H32N7O9. The number of carbonyl (C=O) groups excluding carboxylic acids is 5. The molecule has 0 aliphatic carbocycles. The van der Waals surface area contributed by atoms with Crippen LogP contribution in [0.3, 0.4) is 0 Å². The van der Waals surface area contributed by atoms with Gasteiger partial charge < -0.3 is 25.6 Å². The number of hydrazine groups is 1. The number of ether oxygens (including phenoxy) is 2. The standard InChI is InChI=1S/C29H32N7O9/c1-16(37)35(36-27(42)22(33-29(36)43)5-4-12-32-28(30)31)23(15-24(38)39)26(41)34-25(40)21-14-20(45-3)11-8-18(21)13-17-6-9-19(44-2)10-7-17/h6-11,13-14,23H,4-5,12,15H2,1-3H3,(H,38,39)(H4,30,31,32)(H,34,40,41)/t23-/m0/s1. The van der Waals surface area contributed by atoms with Gasteiger partial charge in [-0.25, -0.2) is 9.80 Å². The highest BCUT2D eigenvalue weighted by Gasteiger charge is 2.44. The van der Waals surface area contributed by atoms with Crippen molar-refractivity contribution in [1.82, 2.24) is 20.7 Å². The van der Waals surface area contributed by atoms with Crippen LogP contribution in [0.25, 0.3) is 0 Å². The summed E-state index contributed by atoms with van der Waals surface area (Å²) in [5.74, 6) is -5.27. The molecule has 1 radical (unpaired) electrons. The first-order valence-electron chi connectivity index (χ1n) is 13.4. The number of urea groups is 1. The minimum absolute atomic E-state index is 0.0277. The molecule has 1 atom stereocenters. The van der Waals surface area contributed by atoms with E-state index in [1.165, 1.54) is 20.3 Å². The molecule has 0 fully saturated rings. The lowest BCUT2D eigenvalue weighted by Gasteiger charge is -2.33. The van der Waals surface area contributed by atoms with Crippen LogP contribution < -0.4 is 25.8 Å². The van der Waals surface area contributed by atoms with Gasteiger partial charge in [-0.2, -0.15) is 10.0 Å². The number of nitrogens with one attached hydrogen (secondary N) is 3. The summed E-state index contributed by atoms with van der Waals surface area (Å²) in [5.41, 5.74) is 5.99. The number of hydrogen-bond acceptors (Lipinski definition) is 9. The third kappa shape index (κ3) is 8.62. The molecule has 237 valence electrons. The zero-order chi connectivity index (χ0) is 33.3. The summed E-state index contributed by atoms with van der Waals surface area (Å²) in [4.78, 5) is 80.9. The van der Waals surface area contributed by atoms with Gasteiger partial charge in [0.25, 0.3) is 17.7 Å². The van der Waals surface area contributed by atoms with E-state index in [0.717, 1.165) is 6.92 Å². The molecule has 0 saturated carbocycles. The molecule has 1 aliphatic rings. The molecule has 6 N–H and O–H groups in total. The molecule has 1 aliphatic heterocycles. The SMILES string of the molecule is COc1ccc([CH]c2ccc(OC)cc2C(=O)NC(=O)[C@H](CC(=O)O)N(C(C)=O)N2C(=O)N=C(CCCNC(=N)N)C2=O)cc1. The molecule has 0 saturated heterocycles. The van der Waals surface area contributed by atoms with Crippen LogP contribution >= 0.6 is 0 Å². The first kappa shape index (κ1) is 33.7. The molecular weight excluding hydrogens is 590 g/mol. The molecule has 6 amide bonds. The monoisotopic (exact) mass is 622 g/mol. The summed E-state index contributed by atoms with van der Waals surface area (Å²) < 4.78 is 10.4.